The molecule has 0 saturated carbocycles. The Morgan fingerprint density at radius 1 is 0.522 bits per heavy atom. The Bertz CT molecular complexity index is 241. The fraction of sp³-hybridized carbons (Fsp3) is 0.812. The molecule has 0 aromatic heterocycles. The highest BCUT2D eigenvalue weighted by Gasteiger charge is 1.88. The van der Waals surface area contributed by atoms with Crippen molar-refractivity contribution in [3.05, 3.63) is 0 Å². The highest BCUT2D eigenvalue weighted by atomic mass is 28.1. The highest BCUT2D eigenvalue weighted by molar-refractivity contribution is 6.05. The molecule has 0 atom stereocenters. The Morgan fingerprint density at radius 3 is 0.652 bits per heavy atom. The third-order valence-electron chi connectivity index (χ3n) is 2.87. The quantitative estimate of drug-likeness (QED) is 0.288. The summed E-state index contributed by atoms with van der Waals surface area (Å²) in [6, 6.07) is 0. The minimum Gasteiger partial charge on any atom is -0.411 e. The third kappa shape index (κ3) is 25.9. The van der Waals surface area contributed by atoms with Crippen LogP contribution in [0.1, 0.15) is 80.1 Å². The number of oxime groups is 3. The Morgan fingerprint density at radius 2 is 0.652 bits per heavy atom. The van der Waals surface area contributed by atoms with Crippen molar-refractivity contribution in [2.45, 2.75) is 86.6 Å². The van der Waals surface area contributed by atoms with Crippen molar-refractivity contribution in [2.24, 2.45) is 15.5 Å². The van der Waals surface area contributed by atoms with Crippen LogP contribution in [0.3, 0.4) is 0 Å². The van der Waals surface area contributed by atoms with Gasteiger partial charge in [-0.1, -0.05) is 63.6 Å². The van der Waals surface area contributed by atoms with Gasteiger partial charge in [-0.15, -0.1) is 0 Å². The van der Waals surface area contributed by atoms with Crippen molar-refractivity contribution in [1.29, 1.82) is 0 Å². The van der Waals surface area contributed by atoms with Gasteiger partial charge in [0, 0.05) is 0 Å². The van der Waals surface area contributed by atoms with E-state index >= 15 is 0 Å². The van der Waals surface area contributed by atoms with Crippen molar-refractivity contribution in [3.8, 4) is 0 Å². The molecule has 7 heteroatoms. The largest absolute Gasteiger partial charge is 0.411 e. The fourth-order valence-corrected chi connectivity index (χ4v) is 1.17. The van der Waals surface area contributed by atoms with E-state index in [2.05, 4.69) is 22.0 Å². The molecule has 0 aliphatic carbocycles. The molecule has 0 aliphatic rings. The lowest BCUT2D eigenvalue weighted by molar-refractivity contribution is 0.316. The SMILES string of the molecule is CCC(CC)=NO.CCC(CC)=NO.CCC(CC)=NO.C[SiH3]. The van der Waals surface area contributed by atoms with E-state index in [-0.39, 0.29) is 0 Å². The van der Waals surface area contributed by atoms with Gasteiger partial charge >= 0.3 is 0 Å². The third-order valence-corrected chi connectivity index (χ3v) is 2.87. The van der Waals surface area contributed by atoms with E-state index < -0.39 is 0 Å². The summed E-state index contributed by atoms with van der Waals surface area (Å²) in [6.45, 7) is 14.0. The van der Waals surface area contributed by atoms with Gasteiger partial charge in [-0.25, -0.2) is 0 Å². The predicted molar refractivity (Wildman–Crippen MR) is 105 cm³/mol. The van der Waals surface area contributed by atoms with Crippen LogP contribution in [0, 0.1) is 0 Å². The molecule has 0 fully saturated rings. The molecule has 0 rings (SSSR count). The van der Waals surface area contributed by atoms with Crippen molar-refractivity contribution in [2.75, 3.05) is 0 Å². The van der Waals surface area contributed by atoms with Crippen LogP contribution in [0.25, 0.3) is 0 Å². The second-order valence-electron chi connectivity index (χ2n) is 4.12. The second kappa shape index (κ2) is 28.7. The van der Waals surface area contributed by atoms with Crippen molar-refractivity contribution in [3.63, 3.8) is 0 Å². The van der Waals surface area contributed by atoms with Gasteiger partial charge in [0.05, 0.1) is 17.1 Å². The van der Waals surface area contributed by atoms with Crippen molar-refractivity contribution >= 4 is 27.4 Å². The van der Waals surface area contributed by atoms with Gasteiger partial charge in [-0.2, -0.15) is 0 Å². The van der Waals surface area contributed by atoms with Crippen molar-refractivity contribution < 1.29 is 15.6 Å². The van der Waals surface area contributed by atoms with E-state index in [4.69, 9.17) is 15.6 Å². The number of hydrogen-bond acceptors (Lipinski definition) is 6. The van der Waals surface area contributed by atoms with Crippen LogP contribution in [-0.2, 0) is 0 Å². The molecule has 0 aromatic carbocycles. The zero-order valence-corrected chi connectivity index (χ0v) is 18.4. The van der Waals surface area contributed by atoms with Crippen LogP contribution in [-0.4, -0.2) is 43.0 Å². The van der Waals surface area contributed by atoms with Gasteiger partial charge in [-0.3, -0.25) is 0 Å². The molecule has 0 bridgehead atoms. The molecule has 0 radical (unpaired) electrons. The highest BCUT2D eigenvalue weighted by Crippen LogP contribution is 1.89. The molecule has 0 spiro atoms. The van der Waals surface area contributed by atoms with Gasteiger partial charge < -0.3 is 15.6 Å². The number of hydrogen-bond donors (Lipinski definition) is 3. The molecular weight excluding hydrogens is 310 g/mol. The van der Waals surface area contributed by atoms with E-state index in [0.717, 1.165) is 55.7 Å². The molecule has 0 heterocycles. The first-order chi connectivity index (χ1) is 11.0. The van der Waals surface area contributed by atoms with Gasteiger partial charge in [0.15, 0.2) is 0 Å². The van der Waals surface area contributed by atoms with Gasteiger partial charge in [0.2, 0.25) is 0 Å². The Labute approximate surface area is 145 Å². The van der Waals surface area contributed by atoms with Gasteiger partial charge in [-0.05, 0) is 48.8 Å². The van der Waals surface area contributed by atoms with E-state index in [1.54, 1.807) is 0 Å². The maximum atomic E-state index is 8.11. The maximum Gasteiger partial charge on any atom is 0.0565 e. The lowest BCUT2D eigenvalue weighted by Gasteiger charge is -1.89. The molecule has 23 heavy (non-hydrogen) atoms. The minimum absolute atomic E-state index is 0.854. The predicted octanol–water partition coefficient (Wildman–Crippen LogP) is 4.31. The summed E-state index contributed by atoms with van der Waals surface area (Å²) in [5.74, 6) is 0. The Hall–Kier alpha value is -1.37. The van der Waals surface area contributed by atoms with Crippen LogP contribution in [0.15, 0.2) is 15.5 Å². The average molecular weight is 350 g/mol. The van der Waals surface area contributed by atoms with E-state index in [9.17, 15) is 0 Å². The molecule has 0 amide bonds. The van der Waals surface area contributed by atoms with Gasteiger partial charge in [0.25, 0.3) is 0 Å². The fourth-order valence-electron chi connectivity index (χ4n) is 1.17. The molecule has 6 nitrogen and oxygen atoms in total. The number of nitrogens with zero attached hydrogens (tertiary/aromatic N) is 3. The molecular formula is C16H39N3O3Si. The van der Waals surface area contributed by atoms with E-state index in [1.807, 2.05) is 41.5 Å². The van der Waals surface area contributed by atoms with Crippen LogP contribution >= 0.6 is 0 Å². The zero-order valence-electron chi connectivity index (χ0n) is 16.4. The molecule has 140 valence electrons. The zero-order chi connectivity index (χ0) is 19.1. The first-order valence-corrected chi connectivity index (χ1v) is 10.6. The molecule has 3 N–H and O–H groups in total. The lowest BCUT2D eigenvalue weighted by atomic mass is 10.2. The smallest absolute Gasteiger partial charge is 0.0565 e. The second-order valence-corrected chi connectivity index (χ2v) is 4.12. The minimum atomic E-state index is 0.854. The average Bonchev–Trinajstić information content (AvgIpc) is 2.62. The molecule has 0 unspecified atom stereocenters. The Kier molecular flexibility index (Phi) is 37.0. The molecule has 0 aliphatic heterocycles. The standard InChI is InChI=1S/3C5H11NO.CH6Si/c3*1-3-5(4-2)6-7;1-2/h3*7H,3-4H2,1-2H3;1-2H3. The van der Waals surface area contributed by atoms with Gasteiger partial charge in [0.1, 0.15) is 0 Å². The summed E-state index contributed by atoms with van der Waals surface area (Å²) in [7, 11) is 1.31. The summed E-state index contributed by atoms with van der Waals surface area (Å²) in [5.41, 5.74) is 2.58. The molecule has 0 saturated heterocycles. The lowest BCUT2D eigenvalue weighted by Crippen LogP contribution is -1.90. The van der Waals surface area contributed by atoms with E-state index in [1.165, 1.54) is 10.2 Å². The number of rotatable bonds is 6. The monoisotopic (exact) mass is 349 g/mol. The normalized spacial score (nSPS) is 7.96. The summed E-state index contributed by atoms with van der Waals surface area (Å²) >= 11 is 0. The van der Waals surface area contributed by atoms with E-state index in [0.29, 0.717) is 0 Å². The van der Waals surface area contributed by atoms with Crippen molar-refractivity contribution in [1.82, 2.24) is 0 Å². The summed E-state index contributed by atoms with van der Waals surface area (Å²) in [4.78, 5) is 0. The topological polar surface area (TPSA) is 97.8 Å². The Balaban J connectivity index is -0.000000111. The molecule has 0 aromatic rings. The summed E-state index contributed by atoms with van der Waals surface area (Å²) in [5, 5.41) is 33.5. The van der Waals surface area contributed by atoms with Crippen LogP contribution in [0.4, 0.5) is 0 Å². The summed E-state index contributed by atoms with van der Waals surface area (Å²) in [6.07, 6.45) is 5.12. The van der Waals surface area contributed by atoms with Crippen LogP contribution < -0.4 is 0 Å². The maximum absolute atomic E-state index is 8.11. The van der Waals surface area contributed by atoms with Crippen LogP contribution in [0.5, 0.6) is 0 Å². The first kappa shape index (κ1) is 29.6. The first-order valence-electron chi connectivity index (χ1n) is 8.63. The van der Waals surface area contributed by atoms with Crippen LogP contribution in [0.2, 0.25) is 6.55 Å². The summed E-state index contributed by atoms with van der Waals surface area (Å²) < 4.78 is 0.